The fourth-order valence-corrected chi connectivity index (χ4v) is 4.45. The van der Waals surface area contributed by atoms with Crippen LogP contribution < -0.4 is 5.73 Å². The number of nitrogens with two attached hydrogens (primary N) is 1. The predicted octanol–water partition coefficient (Wildman–Crippen LogP) is 1.99. The number of sulfonamides is 1. The summed E-state index contributed by atoms with van der Waals surface area (Å²) in [7, 11) is -3.99. The van der Waals surface area contributed by atoms with Crippen molar-refractivity contribution >= 4 is 28.3 Å². The largest absolute Gasteiger partial charge is 0.402 e. The number of alkyl halides is 3. The van der Waals surface area contributed by atoms with E-state index in [0.717, 1.165) is 6.26 Å². The van der Waals surface area contributed by atoms with Crippen molar-refractivity contribution in [2.24, 2.45) is 11.1 Å². The molecule has 0 aromatic heterocycles. The van der Waals surface area contributed by atoms with E-state index < -0.39 is 34.2 Å². The number of rotatable bonds is 7. The normalized spacial score (nSPS) is 17.3. The Labute approximate surface area is 159 Å². The maximum atomic E-state index is 12.7. The van der Waals surface area contributed by atoms with Crippen LogP contribution in [0.25, 0.3) is 0 Å². The first kappa shape index (κ1) is 25.4. The molecule has 0 radical (unpaired) electrons. The number of likely N-dealkylation sites (tertiary alicyclic amines) is 1. The van der Waals surface area contributed by atoms with Gasteiger partial charge in [0.05, 0.1) is 11.7 Å². The molecule has 1 aliphatic heterocycles. The van der Waals surface area contributed by atoms with Crippen molar-refractivity contribution in [2.75, 3.05) is 32.4 Å². The van der Waals surface area contributed by atoms with E-state index in [4.69, 9.17) is 5.73 Å². The minimum Gasteiger partial charge on any atom is -0.342 e. The Morgan fingerprint density at radius 2 is 1.65 bits per heavy atom. The number of nitrogens with zero attached hydrogens (tertiary/aromatic N) is 2. The highest BCUT2D eigenvalue weighted by atomic mass is 35.5. The lowest BCUT2D eigenvalue weighted by atomic mass is 9.80. The van der Waals surface area contributed by atoms with E-state index >= 15 is 0 Å². The molecule has 0 bridgehead atoms. The molecule has 0 spiro atoms. The van der Waals surface area contributed by atoms with Gasteiger partial charge < -0.3 is 10.6 Å². The molecule has 0 aromatic carbocycles. The predicted molar refractivity (Wildman–Crippen MR) is 96.5 cm³/mol. The second-order valence-corrected chi connectivity index (χ2v) is 8.57. The minimum atomic E-state index is -4.60. The molecule has 6 nitrogen and oxygen atoms in total. The molecule has 2 N–H and O–H groups in total. The number of halogens is 4. The van der Waals surface area contributed by atoms with Crippen LogP contribution >= 0.6 is 12.4 Å². The molecule has 1 saturated heterocycles. The summed E-state index contributed by atoms with van der Waals surface area (Å²) < 4.78 is 62.1. The second-order valence-electron chi connectivity index (χ2n) is 6.64. The average molecular weight is 424 g/mol. The molecule has 11 heteroatoms. The number of carbonyl (C=O) groups excluding carboxylic acids is 1. The van der Waals surface area contributed by atoms with Crippen LogP contribution in [0.2, 0.25) is 0 Å². The molecule has 26 heavy (non-hydrogen) atoms. The molecule has 1 fully saturated rings. The Bertz CT molecular complexity index is 552. The van der Waals surface area contributed by atoms with Crippen LogP contribution in [0.3, 0.4) is 0 Å². The zero-order valence-corrected chi connectivity index (χ0v) is 17.0. The van der Waals surface area contributed by atoms with Crippen LogP contribution in [0.5, 0.6) is 0 Å². The summed E-state index contributed by atoms with van der Waals surface area (Å²) in [5.41, 5.74) is 5.12. The zero-order valence-electron chi connectivity index (χ0n) is 15.4. The maximum Gasteiger partial charge on any atom is 0.402 e. The van der Waals surface area contributed by atoms with E-state index in [1.165, 1.54) is 0 Å². The van der Waals surface area contributed by atoms with Gasteiger partial charge in [-0.2, -0.15) is 17.5 Å². The number of carbonyl (C=O) groups is 1. The number of hydrogen-bond donors (Lipinski definition) is 1. The van der Waals surface area contributed by atoms with Gasteiger partial charge in [-0.15, -0.1) is 12.4 Å². The van der Waals surface area contributed by atoms with Crippen molar-refractivity contribution in [1.29, 1.82) is 0 Å². The van der Waals surface area contributed by atoms with E-state index in [1.54, 1.807) is 4.90 Å². The lowest BCUT2D eigenvalue weighted by molar-refractivity contribution is -0.147. The highest BCUT2D eigenvalue weighted by Crippen LogP contribution is 2.31. The van der Waals surface area contributed by atoms with Crippen LogP contribution in [0.4, 0.5) is 13.2 Å². The van der Waals surface area contributed by atoms with Crippen LogP contribution in [0, 0.1) is 5.41 Å². The van der Waals surface area contributed by atoms with Gasteiger partial charge in [0.2, 0.25) is 15.9 Å². The second kappa shape index (κ2) is 9.57. The molecular weight excluding hydrogens is 395 g/mol. The molecule has 0 atom stereocenters. The lowest BCUT2D eigenvalue weighted by Crippen LogP contribution is -2.54. The average Bonchev–Trinajstić information content (AvgIpc) is 2.53. The van der Waals surface area contributed by atoms with E-state index in [0.29, 0.717) is 17.1 Å². The quantitative estimate of drug-likeness (QED) is 0.678. The number of hydrogen-bond acceptors (Lipinski definition) is 4. The smallest absolute Gasteiger partial charge is 0.342 e. The Kier molecular flexibility index (Phi) is 9.35. The Balaban J connectivity index is 0.00000625. The van der Waals surface area contributed by atoms with Crippen LogP contribution in [-0.2, 0) is 14.8 Å². The fourth-order valence-electron chi connectivity index (χ4n) is 3.31. The number of amides is 1. The first-order chi connectivity index (χ1) is 11.4. The first-order valence-corrected chi connectivity index (χ1v) is 10.3. The van der Waals surface area contributed by atoms with Gasteiger partial charge in [0.1, 0.15) is 6.54 Å². The van der Waals surface area contributed by atoms with Gasteiger partial charge in [0.15, 0.2) is 0 Å². The summed E-state index contributed by atoms with van der Waals surface area (Å²) in [6.07, 6.45) is -2.28. The lowest BCUT2D eigenvalue weighted by Gasteiger charge is -2.41. The molecule has 156 valence electrons. The van der Waals surface area contributed by atoms with E-state index in [9.17, 15) is 26.4 Å². The van der Waals surface area contributed by atoms with Crippen LogP contribution in [0.1, 0.15) is 39.5 Å². The van der Waals surface area contributed by atoms with Gasteiger partial charge >= 0.3 is 6.18 Å². The van der Waals surface area contributed by atoms with Crippen molar-refractivity contribution in [2.45, 2.75) is 51.7 Å². The van der Waals surface area contributed by atoms with Crippen LogP contribution in [0.15, 0.2) is 0 Å². The maximum absolute atomic E-state index is 12.7. The summed E-state index contributed by atoms with van der Waals surface area (Å²) in [6, 6.07) is -0.754. The van der Waals surface area contributed by atoms with Crippen molar-refractivity contribution < 1.29 is 26.4 Å². The van der Waals surface area contributed by atoms with Gasteiger partial charge in [0.25, 0.3) is 0 Å². The summed E-state index contributed by atoms with van der Waals surface area (Å²) in [5.74, 6) is -0.0971. The first-order valence-electron chi connectivity index (χ1n) is 8.43. The zero-order chi connectivity index (χ0) is 19.5. The van der Waals surface area contributed by atoms with Gasteiger partial charge in [0, 0.05) is 25.7 Å². The fraction of sp³-hybridized carbons (Fsp3) is 0.933. The summed E-state index contributed by atoms with van der Waals surface area (Å²) >= 11 is 0. The summed E-state index contributed by atoms with van der Waals surface area (Å²) in [4.78, 5) is 14.4. The molecular formula is C15H29ClF3N3O3S. The molecule has 1 aliphatic rings. The highest BCUT2D eigenvalue weighted by molar-refractivity contribution is 7.88. The molecule has 0 aliphatic carbocycles. The third kappa shape index (κ3) is 6.24. The third-order valence-corrected chi connectivity index (χ3v) is 6.40. The molecule has 0 aromatic rings. The van der Waals surface area contributed by atoms with Gasteiger partial charge in [-0.1, -0.05) is 13.8 Å². The highest BCUT2D eigenvalue weighted by Gasteiger charge is 2.42. The molecule has 1 heterocycles. The Hall–Kier alpha value is -0.580. The van der Waals surface area contributed by atoms with Crippen LogP contribution in [-0.4, -0.2) is 68.2 Å². The number of piperidine rings is 1. The molecule has 0 saturated carbocycles. The van der Waals surface area contributed by atoms with E-state index in [1.807, 2.05) is 13.8 Å². The van der Waals surface area contributed by atoms with Crippen molar-refractivity contribution in [3.63, 3.8) is 0 Å². The summed E-state index contributed by atoms with van der Waals surface area (Å²) in [6.45, 7) is 2.94. The standard InChI is InChI=1S/C15H28F3N3O3S.ClH/c1-4-14(5-2,10-19)13(22)20-8-6-12(7-9-20)21(25(3,23)24)11-15(16,17)18;/h12H,4-11,19H2,1-3H3;1H. The minimum absolute atomic E-state index is 0. The Morgan fingerprint density at radius 3 is 1.96 bits per heavy atom. The monoisotopic (exact) mass is 423 g/mol. The Morgan fingerprint density at radius 1 is 1.19 bits per heavy atom. The van der Waals surface area contributed by atoms with E-state index in [-0.39, 0.29) is 50.8 Å². The van der Waals surface area contributed by atoms with Crippen molar-refractivity contribution in [1.82, 2.24) is 9.21 Å². The van der Waals surface area contributed by atoms with E-state index in [2.05, 4.69) is 0 Å². The SMILES string of the molecule is CCC(CC)(CN)C(=O)N1CCC(N(CC(F)(F)F)S(C)(=O)=O)CC1.Cl. The molecule has 0 unspecified atom stereocenters. The molecule has 1 rings (SSSR count). The molecule has 1 amide bonds. The topological polar surface area (TPSA) is 83.7 Å². The van der Waals surface area contributed by atoms with Gasteiger partial charge in [-0.25, -0.2) is 8.42 Å². The van der Waals surface area contributed by atoms with Crippen molar-refractivity contribution in [3.8, 4) is 0 Å². The van der Waals surface area contributed by atoms with Gasteiger partial charge in [-0.3, -0.25) is 4.79 Å². The third-order valence-electron chi connectivity index (χ3n) is 5.12. The summed E-state index contributed by atoms with van der Waals surface area (Å²) in [5, 5.41) is 0. The van der Waals surface area contributed by atoms with Crippen molar-refractivity contribution in [3.05, 3.63) is 0 Å². The van der Waals surface area contributed by atoms with Gasteiger partial charge in [-0.05, 0) is 25.7 Å².